The lowest BCUT2D eigenvalue weighted by Crippen LogP contribution is -3.14. The van der Waals surface area contributed by atoms with Crippen LogP contribution in [0.2, 0.25) is 0 Å². The van der Waals surface area contributed by atoms with Crippen molar-refractivity contribution in [3.05, 3.63) is 0 Å². The van der Waals surface area contributed by atoms with E-state index >= 15 is 0 Å². The van der Waals surface area contributed by atoms with Gasteiger partial charge in [-0.15, -0.1) is 0 Å². The van der Waals surface area contributed by atoms with Crippen LogP contribution in [0.25, 0.3) is 0 Å². The van der Waals surface area contributed by atoms with Crippen LogP contribution in [0.5, 0.6) is 0 Å². The van der Waals surface area contributed by atoms with Crippen LogP contribution in [0.4, 0.5) is 0 Å². The second kappa shape index (κ2) is 3.22. The standard InChI is InChI=1S/C8H16N2O/c1-6-5-10(3)7(2)4-8(6)9-11/h6-7,11H,4-5H2,1-3H3/p+1/b9-8-/t6-,7+/m0/s1. The van der Waals surface area contributed by atoms with E-state index in [0.717, 1.165) is 18.7 Å². The zero-order chi connectivity index (χ0) is 8.43. The van der Waals surface area contributed by atoms with Gasteiger partial charge in [-0.2, -0.15) is 0 Å². The average Bonchev–Trinajstić information content (AvgIpc) is 1.97. The summed E-state index contributed by atoms with van der Waals surface area (Å²) >= 11 is 0. The Labute approximate surface area is 67.7 Å². The molecule has 0 amide bonds. The molecule has 11 heavy (non-hydrogen) atoms. The van der Waals surface area contributed by atoms with Gasteiger partial charge in [0.15, 0.2) is 0 Å². The van der Waals surface area contributed by atoms with E-state index in [-0.39, 0.29) is 0 Å². The number of piperidine rings is 1. The second-order valence-electron chi connectivity index (χ2n) is 3.65. The molecule has 1 fully saturated rings. The molecule has 0 bridgehead atoms. The number of rotatable bonds is 0. The monoisotopic (exact) mass is 157 g/mol. The summed E-state index contributed by atoms with van der Waals surface area (Å²) in [4.78, 5) is 1.53. The summed E-state index contributed by atoms with van der Waals surface area (Å²) in [5.74, 6) is 0.441. The van der Waals surface area contributed by atoms with E-state index in [1.165, 1.54) is 4.90 Å². The van der Waals surface area contributed by atoms with Gasteiger partial charge in [0.1, 0.15) is 0 Å². The molecule has 0 aromatic carbocycles. The van der Waals surface area contributed by atoms with E-state index in [2.05, 4.69) is 26.1 Å². The lowest BCUT2D eigenvalue weighted by Gasteiger charge is -2.30. The Morgan fingerprint density at radius 3 is 2.73 bits per heavy atom. The fraction of sp³-hybridized carbons (Fsp3) is 0.875. The number of oxime groups is 1. The lowest BCUT2D eigenvalue weighted by atomic mass is 9.93. The minimum absolute atomic E-state index is 0.441. The Bertz CT molecular complexity index is 167. The number of nitrogens with one attached hydrogen (secondary N) is 1. The van der Waals surface area contributed by atoms with Crippen molar-refractivity contribution in [2.75, 3.05) is 13.6 Å². The Kier molecular flexibility index (Phi) is 2.49. The number of quaternary nitrogens is 1. The SMILES string of the molecule is C[C@@H]1C/C(=N/O)[C@@H](C)C[NH+]1C. The maximum atomic E-state index is 8.64. The highest BCUT2D eigenvalue weighted by Crippen LogP contribution is 2.06. The molecule has 1 aliphatic heterocycles. The highest BCUT2D eigenvalue weighted by Gasteiger charge is 2.28. The molecule has 1 unspecified atom stereocenters. The van der Waals surface area contributed by atoms with Crippen molar-refractivity contribution >= 4 is 5.71 Å². The summed E-state index contributed by atoms with van der Waals surface area (Å²) in [5, 5.41) is 12.0. The van der Waals surface area contributed by atoms with Gasteiger partial charge in [0, 0.05) is 12.3 Å². The van der Waals surface area contributed by atoms with E-state index in [9.17, 15) is 0 Å². The van der Waals surface area contributed by atoms with Crippen molar-refractivity contribution in [1.29, 1.82) is 0 Å². The van der Waals surface area contributed by atoms with Crippen LogP contribution < -0.4 is 4.90 Å². The zero-order valence-corrected chi connectivity index (χ0v) is 7.46. The molecule has 1 rings (SSSR count). The summed E-state index contributed by atoms with van der Waals surface area (Å²) in [6, 6.07) is 0.595. The molecule has 0 aromatic rings. The van der Waals surface area contributed by atoms with Crippen molar-refractivity contribution in [1.82, 2.24) is 0 Å². The largest absolute Gasteiger partial charge is 0.411 e. The summed E-state index contributed by atoms with van der Waals surface area (Å²) in [6.07, 6.45) is 0.934. The molecule has 0 aromatic heterocycles. The van der Waals surface area contributed by atoms with Gasteiger partial charge in [-0.25, -0.2) is 0 Å². The first-order valence-corrected chi connectivity index (χ1v) is 4.18. The molecule has 3 atom stereocenters. The van der Waals surface area contributed by atoms with E-state index < -0.39 is 0 Å². The van der Waals surface area contributed by atoms with E-state index in [0.29, 0.717) is 12.0 Å². The first kappa shape index (κ1) is 8.53. The molecule has 1 heterocycles. The summed E-state index contributed by atoms with van der Waals surface area (Å²) < 4.78 is 0. The van der Waals surface area contributed by atoms with Gasteiger partial charge in [0.2, 0.25) is 0 Å². The minimum Gasteiger partial charge on any atom is -0.411 e. The highest BCUT2D eigenvalue weighted by atomic mass is 16.4. The van der Waals surface area contributed by atoms with E-state index in [1.54, 1.807) is 0 Å². The van der Waals surface area contributed by atoms with Gasteiger partial charge in [0.05, 0.1) is 25.3 Å². The maximum Gasteiger partial charge on any atom is 0.0898 e. The third-order valence-electron chi connectivity index (χ3n) is 2.68. The molecule has 0 radical (unpaired) electrons. The van der Waals surface area contributed by atoms with Gasteiger partial charge in [-0.05, 0) is 6.92 Å². The summed E-state index contributed by atoms with van der Waals surface area (Å²) in [6.45, 7) is 5.39. The number of hydrogen-bond donors (Lipinski definition) is 2. The molecular formula is C8H17N2O+. The Hall–Kier alpha value is -0.570. The molecule has 1 aliphatic rings. The maximum absolute atomic E-state index is 8.64. The Morgan fingerprint density at radius 1 is 1.55 bits per heavy atom. The summed E-state index contributed by atoms with van der Waals surface area (Å²) in [5.41, 5.74) is 0.961. The van der Waals surface area contributed by atoms with Crippen LogP contribution >= 0.6 is 0 Å². The predicted octanol–water partition coefficient (Wildman–Crippen LogP) is -0.240. The summed E-state index contributed by atoms with van der Waals surface area (Å²) in [7, 11) is 2.19. The molecule has 0 spiro atoms. The Balaban J connectivity index is 2.62. The van der Waals surface area contributed by atoms with Gasteiger partial charge in [-0.1, -0.05) is 12.1 Å². The molecular weight excluding hydrogens is 140 g/mol. The second-order valence-corrected chi connectivity index (χ2v) is 3.65. The van der Waals surface area contributed by atoms with E-state index in [1.807, 2.05) is 0 Å². The number of nitrogens with zero attached hydrogens (tertiary/aromatic N) is 1. The fourth-order valence-corrected chi connectivity index (χ4v) is 1.63. The number of likely N-dealkylation sites (tertiary alicyclic amines) is 1. The van der Waals surface area contributed by atoms with Crippen LogP contribution in [0, 0.1) is 5.92 Å². The van der Waals surface area contributed by atoms with Crippen molar-refractivity contribution in [3.8, 4) is 0 Å². The first-order valence-electron chi connectivity index (χ1n) is 4.18. The zero-order valence-electron chi connectivity index (χ0n) is 7.46. The third-order valence-corrected chi connectivity index (χ3v) is 2.68. The molecule has 0 aliphatic carbocycles. The lowest BCUT2D eigenvalue weighted by molar-refractivity contribution is -0.908. The topological polar surface area (TPSA) is 37.0 Å². The van der Waals surface area contributed by atoms with Gasteiger partial charge in [-0.3, -0.25) is 0 Å². The van der Waals surface area contributed by atoms with Gasteiger partial charge >= 0.3 is 0 Å². The first-order chi connectivity index (χ1) is 5.15. The fourth-order valence-electron chi connectivity index (χ4n) is 1.63. The van der Waals surface area contributed by atoms with Gasteiger partial charge < -0.3 is 10.1 Å². The van der Waals surface area contributed by atoms with Crippen molar-refractivity contribution < 1.29 is 10.1 Å². The molecule has 1 saturated heterocycles. The Morgan fingerprint density at radius 2 is 2.18 bits per heavy atom. The minimum atomic E-state index is 0.441. The van der Waals surface area contributed by atoms with Crippen molar-refractivity contribution in [2.45, 2.75) is 26.3 Å². The molecule has 3 nitrogen and oxygen atoms in total. The third kappa shape index (κ3) is 1.71. The molecule has 64 valence electrons. The van der Waals surface area contributed by atoms with Crippen LogP contribution in [-0.2, 0) is 0 Å². The van der Waals surface area contributed by atoms with Crippen LogP contribution in [0.15, 0.2) is 5.16 Å². The van der Waals surface area contributed by atoms with Gasteiger partial charge in [0.25, 0.3) is 0 Å². The molecule has 3 heteroatoms. The normalized spacial score (nSPS) is 42.8. The number of hydrogen-bond acceptors (Lipinski definition) is 2. The quantitative estimate of drug-likeness (QED) is 0.369. The average molecular weight is 157 g/mol. The van der Waals surface area contributed by atoms with E-state index in [4.69, 9.17) is 5.21 Å². The van der Waals surface area contributed by atoms with Crippen LogP contribution in [0.3, 0.4) is 0 Å². The van der Waals surface area contributed by atoms with Crippen LogP contribution in [0.1, 0.15) is 20.3 Å². The van der Waals surface area contributed by atoms with Crippen molar-refractivity contribution in [2.24, 2.45) is 11.1 Å². The van der Waals surface area contributed by atoms with Crippen LogP contribution in [-0.4, -0.2) is 30.6 Å². The molecule has 2 N–H and O–H groups in total. The smallest absolute Gasteiger partial charge is 0.0898 e. The van der Waals surface area contributed by atoms with Crippen molar-refractivity contribution in [3.63, 3.8) is 0 Å². The highest BCUT2D eigenvalue weighted by molar-refractivity contribution is 5.86. The molecule has 0 saturated carbocycles. The predicted molar refractivity (Wildman–Crippen MR) is 44.2 cm³/mol.